The van der Waals surface area contributed by atoms with Crippen molar-refractivity contribution in [2.24, 2.45) is 0 Å². The summed E-state index contributed by atoms with van der Waals surface area (Å²) < 4.78 is 0. The maximum Gasteiger partial charge on any atom is 0.363 e. The van der Waals surface area contributed by atoms with Crippen molar-refractivity contribution in [2.75, 3.05) is 24.5 Å². The molecule has 0 spiro atoms. The Morgan fingerprint density at radius 3 is 2.88 bits per heavy atom. The van der Waals surface area contributed by atoms with Crippen molar-refractivity contribution in [3.63, 3.8) is 0 Å². The molecule has 6 nitrogen and oxygen atoms in total. The Balaban J connectivity index is 0.00000144. The Bertz CT molecular complexity index is 384. The van der Waals surface area contributed by atoms with Crippen molar-refractivity contribution in [2.45, 2.75) is 13.0 Å². The molecule has 0 aliphatic carbocycles. The highest BCUT2D eigenvalue weighted by Crippen LogP contribution is 2.19. The molecule has 0 unspecified atom stereocenters. The molecule has 1 fully saturated rings. The molecule has 1 saturated heterocycles. The van der Waals surface area contributed by atoms with Crippen LogP contribution in [0.15, 0.2) is 18.3 Å². The first-order valence-corrected chi connectivity index (χ1v) is 5.26. The minimum absolute atomic E-state index is 0. The molecule has 1 aliphatic rings. The molecule has 1 aromatic rings. The van der Waals surface area contributed by atoms with E-state index in [9.17, 15) is 10.1 Å². The molecule has 1 N–H and O–H groups in total. The van der Waals surface area contributed by atoms with Gasteiger partial charge in [-0.3, -0.25) is 0 Å². The maximum absolute atomic E-state index is 10.5. The highest BCUT2D eigenvalue weighted by Gasteiger charge is 2.19. The Kier molecular flexibility index (Phi) is 4.65. The zero-order valence-corrected chi connectivity index (χ0v) is 10.3. The van der Waals surface area contributed by atoms with Crippen molar-refractivity contribution < 1.29 is 4.92 Å². The van der Waals surface area contributed by atoms with Crippen molar-refractivity contribution in [3.05, 3.63) is 28.4 Å². The van der Waals surface area contributed by atoms with Crippen LogP contribution in [0.1, 0.15) is 6.92 Å². The average Bonchev–Trinajstić information content (AvgIpc) is 2.30. The van der Waals surface area contributed by atoms with Crippen LogP contribution in [0.25, 0.3) is 0 Å². The van der Waals surface area contributed by atoms with E-state index in [0.29, 0.717) is 6.04 Å². The van der Waals surface area contributed by atoms with Gasteiger partial charge in [0.15, 0.2) is 6.20 Å². The lowest BCUT2D eigenvalue weighted by Crippen LogP contribution is -2.49. The molecule has 1 aromatic heterocycles. The van der Waals surface area contributed by atoms with Gasteiger partial charge in [-0.2, -0.15) is 0 Å². The van der Waals surface area contributed by atoms with Gasteiger partial charge < -0.3 is 20.3 Å². The van der Waals surface area contributed by atoms with E-state index in [1.807, 2.05) is 0 Å². The number of halogens is 1. The molecule has 2 rings (SSSR count). The zero-order chi connectivity index (χ0) is 11.5. The fraction of sp³-hybridized carbons (Fsp3) is 0.500. The second-order valence-corrected chi connectivity index (χ2v) is 3.88. The normalized spacial score (nSPS) is 19.6. The van der Waals surface area contributed by atoms with Gasteiger partial charge >= 0.3 is 5.82 Å². The van der Waals surface area contributed by atoms with E-state index in [2.05, 4.69) is 22.1 Å². The van der Waals surface area contributed by atoms with Gasteiger partial charge in [0.1, 0.15) is 0 Å². The van der Waals surface area contributed by atoms with Gasteiger partial charge in [0.25, 0.3) is 0 Å². The molecule has 0 aromatic carbocycles. The van der Waals surface area contributed by atoms with E-state index in [-0.39, 0.29) is 18.2 Å². The smallest absolute Gasteiger partial charge is 0.363 e. The Labute approximate surface area is 106 Å². The van der Waals surface area contributed by atoms with E-state index in [4.69, 9.17) is 0 Å². The molecule has 0 amide bonds. The number of nitrogens with zero attached hydrogens (tertiary/aromatic N) is 3. The standard InChI is InChI=1S/C10H14N4O2.ClH/c1-8-6-11-4-5-13(8)9-2-3-10(12-7-9)14(15)16;/h2-3,7-8,11H,4-6H2,1H3;1H/t8-;/m1./s1. The molecule has 1 aliphatic heterocycles. The van der Waals surface area contributed by atoms with Crippen molar-refractivity contribution >= 4 is 23.9 Å². The van der Waals surface area contributed by atoms with E-state index in [1.54, 1.807) is 12.3 Å². The third-order valence-electron chi connectivity index (χ3n) is 2.75. The summed E-state index contributed by atoms with van der Waals surface area (Å²) in [7, 11) is 0. The van der Waals surface area contributed by atoms with E-state index in [0.717, 1.165) is 25.3 Å². The van der Waals surface area contributed by atoms with Gasteiger partial charge in [0.05, 0.1) is 5.69 Å². The zero-order valence-electron chi connectivity index (χ0n) is 9.50. The number of hydrogen-bond acceptors (Lipinski definition) is 5. The van der Waals surface area contributed by atoms with Crippen LogP contribution in [0.5, 0.6) is 0 Å². The molecule has 0 bridgehead atoms. The molecule has 0 saturated carbocycles. The van der Waals surface area contributed by atoms with Crippen LogP contribution < -0.4 is 10.2 Å². The number of rotatable bonds is 2. The van der Waals surface area contributed by atoms with Crippen LogP contribution in [0, 0.1) is 10.1 Å². The van der Waals surface area contributed by atoms with Crippen molar-refractivity contribution in [1.29, 1.82) is 0 Å². The lowest BCUT2D eigenvalue weighted by Gasteiger charge is -2.34. The van der Waals surface area contributed by atoms with Gasteiger partial charge in [-0.15, -0.1) is 12.4 Å². The summed E-state index contributed by atoms with van der Waals surface area (Å²) in [5.41, 5.74) is 0.944. The minimum Gasteiger partial charge on any atom is -0.363 e. The maximum atomic E-state index is 10.5. The number of pyridine rings is 1. The predicted molar refractivity (Wildman–Crippen MR) is 67.8 cm³/mol. The largest absolute Gasteiger partial charge is 0.363 e. The Morgan fingerprint density at radius 1 is 1.59 bits per heavy atom. The molecule has 94 valence electrons. The third-order valence-corrected chi connectivity index (χ3v) is 2.75. The summed E-state index contributed by atoms with van der Waals surface area (Å²) >= 11 is 0. The van der Waals surface area contributed by atoms with Crippen LogP contribution in [-0.2, 0) is 0 Å². The number of hydrogen-bond donors (Lipinski definition) is 1. The quantitative estimate of drug-likeness (QED) is 0.638. The molecule has 7 heteroatoms. The van der Waals surface area contributed by atoms with Crippen LogP contribution in [-0.4, -0.2) is 35.6 Å². The highest BCUT2D eigenvalue weighted by molar-refractivity contribution is 5.85. The molecule has 0 radical (unpaired) electrons. The second kappa shape index (κ2) is 5.79. The first kappa shape index (κ1) is 13.7. The van der Waals surface area contributed by atoms with Gasteiger partial charge in [0, 0.05) is 31.7 Å². The summed E-state index contributed by atoms with van der Waals surface area (Å²) in [4.78, 5) is 16.0. The lowest BCUT2D eigenvalue weighted by molar-refractivity contribution is -0.389. The van der Waals surface area contributed by atoms with Crippen LogP contribution in [0.4, 0.5) is 11.5 Å². The Morgan fingerprint density at radius 2 is 2.35 bits per heavy atom. The van der Waals surface area contributed by atoms with E-state index in [1.165, 1.54) is 6.07 Å². The number of aromatic nitrogens is 1. The fourth-order valence-corrected chi connectivity index (χ4v) is 1.88. The van der Waals surface area contributed by atoms with Gasteiger partial charge in [-0.05, 0) is 22.9 Å². The topological polar surface area (TPSA) is 71.3 Å². The van der Waals surface area contributed by atoms with Crippen molar-refractivity contribution in [1.82, 2.24) is 10.3 Å². The van der Waals surface area contributed by atoms with Gasteiger partial charge in [0.2, 0.25) is 0 Å². The summed E-state index contributed by atoms with van der Waals surface area (Å²) in [6.07, 6.45) is 1.57. The Hall–Kier alpha value is -1.40. The average molecular weight is 259 g/mol. The summed E-state index contributed by atoms with van der Waals surface area (Å²) in [6, 6.07) is 3.59. The first-order chi connectivity index (χ1) is 7.68. The lowest BCUT2D eigenvalue weighted by atomic mass is 10.2. The molecular weight excluding hydrogens is 244 g/mol. The molecule has 1 atom stereocenters. The molecule has 2 heterocycles. The van der Waals surface area contributed by atoms with Gasteiger partial charge in [-0.1, -0.05) is 0 Å². The highest BCUT2D eigenvalue weighted by atomic mass is 35.5. The van der Waals surface area contributed by atoms with Crippen LogP contribution in [0.2, 0.25) is 0 Å². The number of nitrogens with one attached hydrogen (secondary N) is 1. The van der Waals surface area contributed by atoms with Crippen LogP contribution >= 0.6 is 12.4 Å². The second-order valence-electron chi connectivity index (χ2n) is 3.88. The minimum atomic E-state index is -0.481. The van der Waals surface area contributed by atoms with Crippen molar-refractivity contribution in [3.8, 4) is 0 Å². The molecular formula is C10H15ClN4O2. The van der Waals surface area contributed by atoms with E-state index < -0.39 is 4.92 Å². The van der Waals surface area contributed by atoms with E-state index >= 15 is 0 Å². The van der Waals surface area contributed by atoms with Crippen LogP contribution in [0.3, 0.4) is 0 Å². The third kappa shape index (κ3) is 3.04. The summed E-state index contributed by atoms with van der Waals surface area (Å²) in [5, 5.41) is 13.8. The van der Waals surface area contributed by atoms with Gasteiger partial charge in [-0.25, -0.2) is 0 Å². The number of piperazine rings is 1. The summed E-state index contributed by atoms with van der Waals surface area (Å²) in [6.45, 7) is 4.88. The monoisotopic (exact) mass is 258 g/mol. The number of nitro groups is 1. The number of anilines is 1. The fourth-order valence-electron chi connectivity index (χ4n) is 1.88. The first-order valence-electron chi connectivity index (χ1n) is 5.26. The molecule has 17 heavy (non-hydrogen) atoms. The predicted octanol–water partition coefficient (Wildman–Crippen LogP) is 1.21. The SMILES string of the molecule is C[C@@H]1CNCCN1c1ccc([N+](=O)[O-])nc1.Cl. The summed E-state index contributed by atoms with van der Waals surface area (Å²) in [5.74, 6) is -0.105.